The molecule has 1 aromatic heterocycles. The minimum atomic E-state index is -0.258. The molecule has 0 bridgehead atoms. The molecule has 1 N–H and O–H groups in total. The summed E-state index contributed by atoms with van der Waals surface area (Å²) < 4.78 is 4.94. The molecule has 3 heteroatoms. The molecule has 0 saturated carbocycles. The lowest BCUT2D eigenvalue weighted by Crippen LogP contribution is -2.14. The Labute approximate surface area is 89.7 Å². The van der Waals surface area contributed by atoms with Gasteiger partial charge in [-0.25, -0.2) is 0 Å². The van der Waals surface area contributed by atoms with Crippen LogP contribution >= 0.6 is 11.8 Å². The van der Waals surface area contributed by atoms with Gasteiger partial charge < -0.3 is 9.52 Å². The molecule has 0 spiro atoms. The second-order valence-electron chi connectivity index (χ2n) is 3.54. The summed E-state index contributed by atoms with van der Waals surface area (Å²) in [6, 6.07) is 1.90. The van der Waals surface area contributed by atoms with Crippen molar-refractivity contribution in [1.82, 2.24) is 0 Å². The highest BCUT2D eigenvalue weighted by atomic mass is 32.2. The van der Waals surface area contributed by atoms with Gasteiger partial charge in [-0.15, -0.1) is 0 Å². The Kier molecular flexibility index (Phi) is 5.12. The summed E-state index contributed by atoms with van der Waals surface area (Å²) in [6.07, 6.45) is 4.93. The van der Waals surface area contributed by atoms with E-state index in [0.717, 1.165) is 17.7 Å². The Morgan fingerprint density at radius 1 is 1.57 bits per heavy atom. The molecule has 2 nitrogen and oxygen atoms in total. The molecule has 0 saturated heterocycles. The van der Waals surface area contributed by atoms with Crippen molar-refractivity contribution in [1.29, 1.82) is 0 Å². The number of hydrogen-bond acceptors (Lipinski definition) is 3. The van der Waals surface area contributed by atoms with Crippen LogP contribution in [0, 0.1) is 0 Å². The SMILES string of the molecule is CCC(C)SCC(O)Cc1ccoc1. The van der Waals surface area contributed by atoms with Crippen LogP contribution in [0.1, 0.15) is 25.8 Å². The fraction of sp³-hybridized carbons (Fsp3) is 0.636. The van der Waals surface area contributed by atoms with Crippen LogP contribution in [-0.2, 0) is 6.42 Å². The van der Waals surface area contributed by atoms with E-state index in [1.807, 2.05) is 17.8 Å². The molecule has 2 atom stereocenters. The van der Waals surface area contributed by atoms with E-state index in [2.05, 4.69) is 13.8 Å². The van der Waals surface area contributed by atoms with Crippen LogP contribution in [0.3, 0.4) is 0 Å². The third-order valence-corrected chi connectivity index (χ3v) is 3.68. The van der Waals surface area contributed by atoms with Gasteiger partial charge in [-0.05, 0) is 18.1 Å². The van der Waals surface area contributed by atoms with Crippen molar-refractivity contribution in [2.75, 3.05) is 5.75 Å². The number of furan rings is 1. The predicted octanol–water partition coefficient (Wildman–Crippen LogP) is 2.71. The van der Waals surface area contributed by atoms with Gasteiger partial charge in [0.05, 0.1) is 18.6 Å². The molecule has 14 heavy (non-hydrogen) atoms. The average molecular weight is 214 g/mol. The summed E-state index contributed by atoms with van der Waals surface area (Å²) in [4.78, 5) is 0. The highest BCUT2D eigenvalue weighted by Gasteiger charge is 2.08. The van der Waals surface area contributed by atoms with Gasteiger partial charge in [0, 0.05) is 17.4 Å². The molecule has 0 fully saturated rings. The maximum absolute atomic E-state index is 9.70. The first-order valence-electron chi connectivity index (χ1n) is 5.03. The van der Waals surface area contributed by atoms with E-state index < -0.39 is 0 Å². The molecular formula is C11H18O2S. The van der Waals surface area contributed by atoms with Crippen molar-refractivity contribution in [3.8, 4) is 0 Å². The van der Waals surface area contributed by atoms with Gasteiger partial charge in [0.25, 0.3) is 0 Å². The van der Waals surface area contributed by atoms with E-state index >= 15 is 0 Å². The van der Waals surface area contributed by atoms with E-state index in [0.29, 0.717) is 11.7 Å². The Balaban J connectivity index is 2.19. The highest BCUT2D eigenvalue weighted by Crippen LogP contribution is 2.16. The molecule has 0 aliphatic heterocycles. The quantitative estimate of drug-likeness (QED) is 0.790. The Morgan fingerprint density at radius 2 is 2.36 bits per heavy atom. The smallest absolute Gasteiger partial charge is 0.0935 e. The van der Waals surface area contributed by atoms with Gasteiger partial charge in [0.2, 0.25) is 0 Å². The lowest BCUT2D eigenvalue weighted by molar-refractivity contribution is 0.199. The second kappa shape index (κ2) is 6.14. The topological polar surface area (TPSA) is 33.4 Å². The number of rotatable bonds is 6. The fourth-order valence-corrected chi connectivity index (χ4v) is 2.04. The average Bonchev–Trinajstić information content (AvgIpc) is 2.66. The molecule has 0 aromatic carbocycles. The zero-order valence-electron chi connectivity index (χ0n) is 8.77. The predicted molar refractivity (Wildman–Crippen MR) is 60.6 cm³/mol. The summed E-state index contributed by atoms with van der Waals surface area (Å²) in [6.45, 7) is 4.36. The van der Waals surface area contributed by atoms with Crippen LogP contribution in [0.15, 0.2) is 23.0 Å². The van der Waals surface area contributed by atoms with E-state index in [9.17, 15) is 5.11 Å². The minimum absolute atomic E-state index is 0.258. The maximum Gasteiger partial charge on any atom is 0.0935 e. The van der Waals surface area contributed by atoms with Gasteiger partial charge in [0.1, 0.15) is 0 Å². The first-order chi connectivity index (χ1) is 6.72. The molecule has 80 valence electrons. The Hall–Kier alpha value is -0.410. The van der Waals surface area contributed by atoms with Gasteiger partial charge in [-0.3, -0.25) is 0 Å². The van der Waals surface area contributed by atoms with Crippen molar-refractivity contribution >= 4 is 11.8 Å². The van der Waals surface area contributed by atoms with Gasteiger partial charge in [-0.1, -0.05) is 13.8 Å². The Bertz CT molecular complexity index is 233. The minimum Gasteiger partial charge on any atom is -0.472 e. The second-order valence-corrected chi connectivity index (χ2v) is 5.01. The van der Waals surface area contributed by atoms with Crippen LogP contribution in [0.2, 0.25) is 0 Å². The summed E-state index contributed by atoms with van der Waals surface area (Å²) in [5.74, 6) is 0.806. The van der Waals surface area contributed by atoms with Gasteiger partial charge in [0.15, 0.2) is 0 Å². The van der Waals surface area contributed by atoms with Crippen molar-refractivity contribution in [3.05, 3.63) is 24.2 Å². The van der Waals surface area contributed by atoms with E-state index in [4.69, 9.17) is 4.42 Å². The lowest BCUT2D eigenvalue weighted by Gasteiger charge is -2.12. The number of aliphatic hydroxyl groups is 1. The monoisotopic (exact) mass is 214 g/mol. The molecule has 0 aliphatic carbocycles. The largest absolute Gasteiger partial charge is 0.472 e. The van der Waals surface area contributed by atoms with Crippen LogP contribution in [-0.4, -0.2) is 22.2 Å². The molecule has 1 rings (SSSR count). The highest BCUT2D eigenvalue weighted by molar-refractivity contribution is 7.99. The molecule has 0 radical (unpaired) electrons. The zero-order chi connectivity index (χ0) is 10.4. The van der Waals surface area contributed by atoms with Crippen LogP contribution in [0.25, 0.3) is 0 Å². The molecule has 1 heterocycles. The maximum atomic E-state index is 9.70. The Morgan fingerprint density at radius 3 is 2.93 bits per heavy atom. The molecule has 2 unspecified atom stereocenters. The summed E-state index contributed by atoms with van der Waals surface area (Å²) in [7, 11) is 0. The first-order valence-corrected chi connectivity index (χ1v) is 6.08. The summed E-state index contributed by atoms with van der Waals surface area (Å²) in [5.41, 5.74) is 1.07. The van der Waals surface area contributed by atoms with Gasteiger partial charge >= 0.3 is 0 Å². The standard InChI is InChI=1S/C11H18O2S/c1-3-9(2)14-8-11(12)6-10-4-5-13-7-10/h4-5,7,9,11-12H,3,6,8H2,1-2H3. The van der Waals surface area contributed by atoms with Crippen LogP contribution in [0.5, 0.6) is 0 Å². The van der Waals surface area contributed by atoms with E-state index in [-0.39, 0.29) is 6.10 Å². The lowest BCUT2D eigenvalue weighted by atomic mass is 10.2. The number of hydrogen-bond donors (Lipinski definition) is 1. The molecule has 1 aromatic rings. The fourth-order valence-electron chi connectivity index (χ4n) is 1.13. The zero-order valence-corrected chi connectivity index (χ0v) is 9.59. The van der Waals surface area contributed by atoms with Crippen molar-refractivity contribution in [2.24, 2.45) is 0 Å². The third-order valence-electron chi connectivity index (χ3n) is 2.20. The van der Waals surface area contributed by atoms with Crippen molar-refractivity contribution in [2.45, 2.75) is 38.0 Å². The molecule has 0 amide bonds. The van der Waals surface area contributed by atoms with Crippen LogP contribution < -0.4 is 0 Å². The van der Waals surface area contributed by atoms with E-state index in [1.54, 1.807) is 12.5 Å². The van der Waals surface area contributed by atoms with Crippen molar-refractivity contribution in [3.63, 3.8) is 0 Å². The van der Waals surface area contributed by atoms with E-state index in [1.165, 1.54) is 0 Å². The van der Waals surface area contributed by atoms with Crippen LogP contribution in [0.4, 0.5) is 0 Å². The molecular weight excluding hydrogens is 196 g/mol. The number of aliphatic hydroxyl groups excluding tert-OH is 1. The third kappa shape index (κ3) is 4.20. The normalized spacial score (nSPS) is 15.4. The van der Waals surface area contributed by atoms with Gasteiger partial charge in [-0.2, -0.15) is 11.8 Å². The number of thioether (sulfide) groups is 1. The van der Waals surface area contributed by atoms with Crippen molar-refractivity contribution < 1.29 is 9.52 Å². The molecule has 0 aliphatic rings. The summed E-state index contributed by atoms with van der Waals surface area (Å²) in [5, 5.41) is 10.3. The first kappa shape index (κ1) is 11.7. The summed E-state index contributed by atoms with van der Waals surface area (Å²) >= 11 is 1.83.